The fraction of sp³-hybridized carbons (Fsp3) is 0.0714. The number of aliphatic hydroxyl groups is 1. The molecule has 0 bridgehead atoms. The molecule has 0 aliphatic carbocycles. The van der Waals surface area contributed by atoms with Crippen LogP contribution in [0.5, 0.6) is 0 Å². The Morgan fingerprint density at radius 1 is 1.14 bits per heavy atom. The lowest BCUT2D eigenvalue weighted by molar-refractivity contribution is 0.279. The van der Waals surface area contributed by atoms with E-state index in [1.165, 1.54) is 11.8 Å². The molecule has 5 nitrogen and oxygen atoms in total. The Morgan fingerprint density at radius 3 is 2.71 bits per heavy atom. The molecule has 0 saturated carbocycles. The number of rotatable bonds is 4. The molecule has 0 saturated heterocycles. The number of tetrazole rings is 1. The molecule has 0 spiro atoms. The van der Waals surface area contributed by atoms with Crippen molar-refractivity contribution in [2.75, 3.05) is 0 Å². The fourth-order valence-corrected chi connectivity index (χ4v) is 3.14. The summed E-state index contributed by atoms with van der Waals surface area (Å²) in [6.07, 6.45) is 0. The molecule has 0 aliphatic rings. The van der Waals surface area contributed by atoms with Crippen LogP contribution >= 0.6 is 27.7 Å². The summed E-state index contributed by atoms with van der Waals surface area (Å²) in [5, 5.41) is 21.9. The maximum atomic E-state index is 9.47. The number of para-hydroxylation sites is 1. The van der Waals surface area contributed by atoms with Gasteiger partial charge in [-0.3, -0.25) is 0 Å². The van der Waals surface area contributed by atoms with E-state index in [1.807, 2.05) is 48.5 Å². The summed E-state index contributed by atoms with van der Waals surface area (Å²) in [6.45, 7) is -0.0331. The Labute approximate surface area is 134 Å². The van der Waals surface area contributed by atoms with Crippen LogP contribution in [-0.2, 0) is 6.61 Å². The summed E-state index contributed by atoms with van der Waals surface area (Å²) in [4.78, 5) is 0.924. The van der Waals surface area contributed by atoms with Gasteiger partial charge in [-0.05, 0) is 58.1 Å². The molecule has 3 aromatic rings. The quantitative estimate of drug-likeness (QED) is 0.772. The molecule has 106 valence electrons. The van der Waals surface area contributed by atoms with Crippen molar-refractivity contribution < 1.29 is 5.11 Å². The number of hydrogen-bond donors (Lipinski definition) is 1. The standard InChI is InChI=1S/C14H11BrN4OS/c15-11-6-7-13(10(8-11)9-20)21-14-16-17-18-19(14)12-4-2-1-3-5-12/h1-8,20H,9H2. The van der Waals surface area contributed by atoms with Crippen molar-refractivity contribution in [3.63, 3.8) is 0 Å². The van der Waals surface area contributed by atoms with Crippen LogP contribution < -0.4 is 0 Å². The van der Waals surface area contributed by atoms with Gasteiger partial charge in [0.05, 0.1) is 12.3 Å². The van der Waals surface area contributed by atoms with Crippen LogP contribution in [0.15, 0.2) is 63.1 Å². The minimum atomic E-state index is -0.0331. The van der Waals surface area contributed by atoms with Crippen LogP contribution in [0.1, 0.15) is 5.56 Å². The first-order valence-corrected chi connectivity index (χ1v) is 7.80. The minimum Gasteiger partial charge on any atom is -0.392 e. The third-order valence-corrected chi connectivity index (χ3v) is 4.38. The van der Waals surface area contributed by atoms with Gasteiger partial charge in [-0.2, -0.15) is 4.68 Å². The lowest BCUT2D eigenvalue weighted by atomic mass is 10.2. The van der Waals surface area contributed by atoms with Crippen molar-refractivity contribution in [3.8, 4) is 5.69 Å². The molecule has 0 aliphatic heterocycles. The topological polar surface area (TPSA) is 63.8 Å². The lowest BCUT2D eigenvalue weighted by Gasteiger charge is -2.07. The van der Waals surface area contributed by atoms with Crippen LogP contribution in [0.25, 0.3) is 5.69 Å². The van der Waals surface area contributed by atoms with Gasteiger partial charge in [-0.1, -0.05) is 34.1 Å². The molecule has 0 atom stereocenters. The number of benzene rings is 2. The Morgan fingerprint density at radius 2 is 1.95 bits per heavy atom. The summed E-state index contributed by atoms with van der Waals surface area (Å²) in [5.41, 5.74) is 1.73. The Kier molecular flexibility index (Phi) is 4.33. The van der Waals surface area contributed by atoms with Crippen LogP contribution in [0.3, 0.4) is 0 Å². The maximum absolute atomic E-state index is 9.47. The van der Waals surface area contributed by atoms with Gasteiger partial charge in [-0.25, -0.2) is 0 Å². The molecular formula is C14H11BrN4OS. The Hall–Kier alpha value is -1.70. The molecule has 0 unspecified atom stereocenters. The molecular weight excluding hydrogens is 352 g/mol. The van der Waals surface area contributed by atoms with Gasteiger partial charge in [0.2, 0.25) is 5.16 Å². The molecule has 0 fully saturated rings. The van der Waals surface area contributed by atoms with Crippen molar-refractivity contribution >= 4 is 27.7 Å². The molecule has 2 aromatic carbocycles. The zero-order valence-electron chi connectivity index (χ0n) is 10.8. The summed E-state index contributed by atoms with van der Waals surface area (Å²) >= 11 is 4.82. The second-order valence-corrected chi connectivity index (χ2v) is 6.15. The van der Waals surface area contributed by atoms with E-state index in [-0.39, 0.29) is 6.61 Å². The SMILES string of the molecule is OCc1cc(Br)ccc1Sc1nnnn1-c1ccccc1. The van der Waals surface area contributed by atoms with Crippen LogP contribution in [0.2, 0.25) is 0 Å². The van der Waals surface area contributed by atoms with Crippen LogP contribution in [0.4, 0.5) is 0 Å². The third-order valence-electron chi connectivity index (χ3n) is 2.84. The molecule has 3 rings (SSSR count). The Bertz CT molecular complexity index is 748. The Balaban J connectivity index is 1.95. The molecule has 1 heterocycles. The predicted molar refractivity (Wildman–Crippen MR) is 83.3 cm³/mol. The monoisotopic (exact) mass is 362 g/mol. The zero-order valence-corrected chi connectivity index (χ0v) is 13.3. The average Bonchev–Trinajstić information content (AvgIpc) is 2.98. The summed E-state index contributed by atoms with van der Waals surface area (Å²) < 4.78 is 2.60. The van der Waals surface area contributed by atoms with Crippen molar-refractivity contribution in [2.24, 2.45) is 0 Å². The van der Waals surface area contributed by atoms with Crippen molar-refractivity contribution in [1.82, 2.24) is 20.2 Å². The van der Waals surface area contributed by atoms with E-state index in [0.29, 0.717) is 5.16 Å². The molecule has 0 radical (unpaired) electrons. The number of halogens is 1. The fourth-order valence-electron chi connectivity index (χ4n) is 1.84. The average molecular weight is 363 g/mol. The van der Waals surface area contributed by atoms with Gasteiger partial charge in [-0.15, -0.1) is 5.10 Å². The van der Waals surface area contributed by atoms with Gasteiger partial charge < -0.3 is 5.11 Å². The maximum Gasteiger partial charge on any atom is 0.218 e. The molecule has 7 heteroatoms. The number of aromatic nitrogens is 4. The summed E-state index contributed by atoms with van der Waals surface area (Å²) in [5.74, 6) is 0. The highest BCUT2D eigenvalue weighted by atomic mass is 79.9. The molecule has 21 heavy (non-hydrogen) atoms. The van der Waals surface area contributed by atoms with E-state index in [1.54, 1.807) is 4.68 Å². The summed E-state index contributed by atoms with van der Waals surface area (Å²) in [7, 11) is 0. The summed E-state index contributed by atoms with van der Waals surface area (Å²) in [6, 6.07) is 15.4. The van der Waals surface area contributed by atoms with E-state index in [0.717, 1.165) is 20.6 Å². The van der Waals surface area contributed by atoms with Crippen LogP contribution in [0, 0.1) is 0 Å². The zero-order chi connectivity index (χ0) is 14.7. The highest BCUT2D eigenvalue weighted by molar-refractivity contribution is 9.10. The first-order chi connectivity index (χ1) is 10.3. The minimum absolute atomic E-state index is 0.0331. The van der Waals surface area contributed by atoms with Crippen molar-refractivity contribution in [3.05, 3.63) is 58.6 Å². The van der Waals surface area contributed by atoms with Crippen LogP contribution in [-0.4, -0.2) is 25.3 Å². The van der Waals surface area contributed by atoms with Crippen molar-refractivity contribution in [2.45, 2.75) is 16.7 Å². The van der Waals surface area contributed by atoms with E-state index in [2.05, 4.69) is 31.5 Å². The highest BCUT2D eigenvalue weighted by Crippen LogP contribution is 2.31. The first-order valence-electron chi connectivity index (χ1n) is 6.19. The third kappa shape index (κ3) is 3.15. The lowest BCUT2D eigenvalue weighted by Crippen LogP contribution is -1.99. The molecule has 1 N–H and O–H groups in total. The smallest absolute Gasteiger partial charge is 0.218 e. The van der Waals surface area contributed by atoms with Gasteiger partial charge >= 0.3 is 0 Å². The van der Waals surface area contributed by atoms with E-state index in [4.69, 9.17) is 0 Å². The van der Waals surface area contributed by atoms with Gasteiger partial charge in [0.25, 0.3) is 0 Å². The molecule has 1 aromatic heterocycles. The second-order valence-electron chi connectivity index (χ2n) is 4.22. The first kappa shape index (κ1) is 14.2. The number of aliphatic hydroxyl groups excluding tert-OH is 1. The molecule has 0 amide bonds. The predicted octanol–water partition coefficient (Wildman–Crippen LogP) is 3.07. The van der Waals surface area contributed by atoms with Gasteiger partial charge in [0.1, 0.15) is 0 Å². The van der Waals surface area contributed by atoms with E-state index >= 15 is 0 Å². The van der Waals surface area contributed by atoms with Crippen molar-refractivity contribution in [1.29, 1.82) is 0 Å². The van der Waals surface area contributed by atoms with E-state index < -0.39 is 0 Å². The second kappa shape index (κ2) is 6.38. The van der Waals surface area contributed by atoms with Gasteiger partial charge in [0.15, 0.2) is 0 Å². The van der Waals surface area contributed by atoms with E-state index in [9.17, 15) is 5.11 Å². The normalized spacial score (nSPS) is 10.8. The largest absolute Gasteiger partial charge is 0.392 e. The van der Waals surface area contributed by atoms with Gasteiger partial charge in [0, 0.05) is 9.37 Å². The highest BCUT2D eigenvalue weighted by Gasteiger charge is 2.12. The number of hydrogen-bond acceptors (Lipinski definition) is 5. The number of nitrogens with zero attached hydrogens (tertiary/aromatic N) is 4.